The Bertz CT molecular complexity index is 1610. The molecular weight excluding hydrogens is 446 g/mol. The van der Waals surface area contributed by atoms with Crippen molar-refractivity contribution in [3.05, 3.63) is 99.3 Å². The summed E-state index contributed by atoms with van der Waals surface area (Å²) < 4.78 is 11.7. The molecule has 0 fully saturated rings. The molecule has 0 unspecified atom stereocenters. The Kier molecular flexibility index (Phi) is 5.41. The van der Waals surface area contributed by atoms with E-state index in [2.05, 4.69) is 10.3 Å². The van der Waals surface area contributed by atoms with Crippen molar-refractivity contribution in [3.63, 3.8) is 0 Å². The molecule has 174 valence electrons. The zero-order valence-electron chi connectivity index (χ0n) is 19.3. The van der Waals surface area contributed by atoms with Gasteiger partial charge in [0.05, 0.1) is 10.5 Å². The van der Waals surface area contributed by atoms with Crippen LogP contribution in [0.5, 0.6) is 0 Å². The third-order valence-corrected chi connectivity index (χ3v) is 5.75. The first-order valence-corrected chi connectivity index (χ1v) is 10.9. The van der Waals surface area contributed by atoms with Gasteiger partial charge in [-0.1, -0.05) is 24.3 Å². The number of nitrogens with one attached hydrogen (secondary N) is 1. The summed E-state index contributed by atoms with van der Waals surface area (Å²) in [7, 11) is 0. The van der Waals surface area contributed by atoms with Gasteiger partial charge in [0.1, 0.15) is 11.3 Å². The first-order valence-electron chi connectivity index (χ1n) is 10.9. The quantitative estimate of drug-likeness (QED) is 0.224. The second kappa shape index (κ2) is 8.57. The number of para-hydroxylation sites is 1. The number of carbonyl (C=O) groups is 1. The maximum atomic E-state index is 12.9. The molecule has 0 spiro atoms. The fourth-order valence-electron chi connectivity index (χ4n) is 4.02. The first kappa shape index (κ1) is 22.1. The van der Waals surface area contributed by atoms with Gasteiger partial charge in [-0.2, -0.15) is 0 Å². The summed E-state index contributed by atoms with van der Waals surface area (Å²) in [5, 5.41) is 14.2. The lowest BCUT2D eigenvalue weighted by molar-refractivity contribution is -0.384. The molecule has 1 amide bonds. The highest BCUT2D eigenvalue weighted by molar-refractivity contribution is 6.03. The van der Waals surface area contributed by atoms with Gasteiger partial charge < -0.3 is 14.2 Å². The Hall–Kier alpha value is -4.72. The number of nitro benzene ring substituents is 1. The number of fused-ring (bicyclic) bond motifs is 1. The molecule has 0 aliphatic rings. The predicted molar refractivity (Wildman–Crippen MR) is 132 cm³/mol. The van der Waals surface area contributed by atoms with Gasteiger partial charge in [0.2, 0.25) is 5.89 Å². The topological polar surface area (TPSA) is 111 Å². The van der Waals surface area contributed by atoms with Crippen molar-refractivity contribution in [2.45, 2.75) is 20.8 Å². The minimum Gasteiger partial charge on any atom is -0.451 e. The lowest BCUT2D eigenvalue weighted by Gasteiger charge is -2.08. The number of furan rings is 1. The van der Waals surface area contributed by atoms with Gasteiger partial charge in [0, 0.05) is 17.3 Å². The van der Waals surface area contributed by atoms with Crippen molar-refractivity contribution in [2.24, 2.45) is 0 Å². The normalized spacial score (nSPS) is 11.1. The van der Waals surface area contributed by atoms with Crippen molar-refractivity contribution in [1.82, 2.24) is 4.98 Å². The van der Waals surface area contributed by atoms with Gasteiger partial charge in [-0.3, -0.25) is 14.9 Å². The zero-order chi connectivity index (χ0) is 24.7. The molecule has 2 heterocycles. The number of hydrogen-bond acceptors (Lipinski definition) is 6. The number of benzene rings is 3. The molecule has 3 aromatic carbocycles. The molecule has 5 rings (SSSR count). The molecule has 0 bridgehead atoms. The van der Waals surface area contributed by atoms with E-state index >= 15 is 0 Å². The Morgan fingerprint density at radius 2 is 1.74 bits per heavy atom. The molecule has 35 heavy (non-hydrogen) atoms. The van der Waals surface area contributed by atoms with Crippen LogP contribution < -0.4 is 5.32 Å². The standard InChI is InChI=1S/C27H21N3O5/c1-15-12-17(3)25-21(13-15)29-27(35-25)18-9-8-16(2)20(14-18)28-26(31)24-11-10-23(34-24)19-6-4-5-7-22(19)30(32)33/h4-14H,1-3H3,(H,28,31). The fraction of sp³-hybridized carbons (Fsp3) is 0.111. The minimum absolute atomic E-state index is 0.0379. The van der Waals surface area contributed by atoms with E-state index in [1.54, 1.807) is 30.3 Å². The molecule has 8 heteroatoms. The summed E-state index contributed by atoms with van der Waals surface area (Å²) in [5.74, 6) is 0.265. The number of nitrogens with zero attached hydrogens (tertiary/aromatic N) is 2. The maximum absolute atomic E-state index is 12.9. The van der Waals surface area contributed by atoms with Crippen LogP contribution >= 0.6 is 0 Å². The van der Waals surface area contributed by atoms with E-state index in [0.29, 0.717) is 17.1 Å². The van der Waals surface area contributed by atoms with Gasteiger partial charge in [0.25, 0.3) is 11.6 Å². The average Bonchev–Trinajstić information content (AvgIpc) is 3.48. The van der Waals surface area contributed by atoms with Crippen molar-refractivity contribution in [3.8, 4) is 22.8 Å². The highest BCUT2D eigenvalue weighted by Gasteiger charge is 2.20. The monoisotopic (exact) mass is 467 g/mol. The molecule has 0 aliphatic heterocycles. The average molecular weight is 467 g/mol. The Balaban J connectivity index is 1.43. The van der Waals surface area contributed by atoms with Crippen LogP contribution in [-0.4, -0.2) is 15.8 Å². The maximum Gasteiger partial charge on any atom is 0.291 e. The highest BCUT2D eigenvalue weighted by atomic mass is 16.6. The zero-order valence-corrected chi connectivity index (χ0v) is 19.3. The Morgan fingerprint density at radius 1 is 0.943 bits per heavy atom. The fourth-order valence-corrected chi connectivity index (χ4v) is 4.02. The van der Waals surface area contributed by atoms with Crippen LogP contribution in [0, 0.1) is 30.9 Å². The molecule has 0 saturated heterocycles. The lowest BCUT2D eigenvalue weighted by atomic mass is 10.1. The summed E-state index contributed by atoms with van der Waals surface area (Å²) in [6.45, 7) is 5.86. The number of aryl methyl sites for hydroxylation is 3. The molecule has 2 aromatic heterocycles. The molecule has 1 N–H and O–H groups in total. The third-order valence-electron chi connectivity index (χ3n) is 5.75. The summed E-state index contributed by atoms with van der Waals surface area (Å²) in [4.78, 5) is 28.4. The predicted octanol–water partition coefficient (Wildman–Crippen LogP) is 6.84. The van der Waals surface area contributed by atoms with Crippen LogP contribution in [0.25, 0.3) is 33.9 Å². The van der Waals surface area contributed by atoms with E-state index in [-0.39, 0.29) is 17.2 Å². The van der Waals surface area contributed by atoms with Crippen molar-refractivity contribution in [1.29, 1.82) is 0 Å². The molecular formula is C27H21N3O5. The van der Waals surface area contributed by atoms with Crippen LogP contribution in [-0.2, 0) is 0 Å². The van der Waals surface area contributed by atoms with E-state index < -0.39 is 10.8 Å². The largest absolute Gasteiger partial charge is 0.451 e. The second-order valence-corrected chi connectivity index (χ2v) is 8.37. The van der Waals surface area contributed by atoms with Crippen molar-refractivity contribution < 1.29 is 18.6 Å². The number of hydrogen-bond donors (Lipinski definition) is 1. The molecule has 8 nitrogen and oxygen atoms in total. The summed E-state index contributed by atoms with van der Waals surface area (Å²) >= 11 is 0. The molecule has 0 radical (unpaired) electrons. The number of carbonyl (C=O) groups excluding carboxylic acids is 1. The van der Waals surface area contributed by atoms with Crippen molar-refractivity contribution >= 4 is 28.4 Å². The number of rotatable bonds is 5. The van der Waals surface area contributed by atoms with Crippen LogP contribution in [0.1, 0.15) is 27.2 Å². The number of aromatic nitrogens is 1. The van der Waals surface area contributed by atoms with Crippen LogP contribution in [0.15, 0.2) is 75.6 Å². The summed E-state index contributed by atoms with van der Waals surface area (Å²) in [5.41, 5.74) is 5.97. The van der Waals surface area contributed by atoms with Gasteiger partial charge >= 0.3 is 0 Å². The van der Waals surface area contributed by atoms with Crippen LogP contribution in [0.3, 0.4) is 0 Å². The number of amides is 1. The van der Waals surface area contributed by atoms with Gasteiger partial charge in [-0.25, -0.2) is 4.98 Å². The Morgan fingerprint density at radius 3 is 2.54 bits per heavy atom. The molecule has 5 aromatic rings. The van der Waals surface area contributed by atoms with Gasteiger partial charge in [0.15, 0.2) is 11.3 Å². The summed E-state index contributed by atoms with van der Waals surface area (Å²) in [6.07, 6.45) is 0. The minimum atomic E-state index is -0.485. The van der Waals surface area contributed by atoms with E-state index in [0.717, 1.165) is 33.4 Å². The summed E-state index contributed by atoms with van der Waals surface area (Å²) in [6, 6.07) is 18.8. The molecule has 0 saturated carbocycles. The Labute approximate surface area is 200 Å². The molecule has 0 aliphatic carbocycles. The van der Waals surface area contributed by atoms with Crippen LogP contribution in [0.4, 0.5) is 11.4 Å². The van der Waals surface area contributed by atoms with Gasteiger partial charge in [-0.05, 0) is 73.9 Å². The van der Waals surface area contributed by atoms with E-state index in [4.69, 9.17) is 8.83 Å². The van der Waals surface area contributed by atoms with Gasteiger partial charge in [-0.15, -0.1) is 0 Å². The molecule has 0 atom stereocenters. The smallest absolute Gasteiger partial charge is 0.291 e. The number of oxazole rings is 1. The van der Waals surface area contributed by atoms with Crippen LogP contribution in [0.2, 0.25) is 0 Å². The first-order chi connectivity index (χ1) is 16.8. The van der Waals surface area contributed by atoms with E-state index in [9.17, 15) is 14.9 Å². The number of anilines is 1. The second-order valence-electron chi connectivity index (χ2n) is 8.37. The number of nitro groups is 1. The SMILES string of the molecule is Cc1cc(C)c2oc(-c3ccc(C)c(NC(=O)c4ccc(-c5ccccc5[N+](=O)[O-])o4)c3)nc2c1. The third kappa shape index (κ3) is 4.17. The highest BCUT2D eigenvalue weighted by Crippen LogP contribution is 2.32. The lowest BCUT2D eigenvalue weighted by Crippen LogP contribution is -2.11. The van der Waals surface area contributed by atoms with Crippen molar-refractivity contribution in [2.75, 3.05) is 5.32 Å². The van der Waals surface area contributed by atoms with E-state index in [1.807, 2.05) is 45.0 Å². The van der Waals surface area contributed by atoms with E-state index in [1.165, 1.54) is 12.1 Å².